The SMILES string of the molecule is CC(=O)Nc1cccc2c(C)ccnc12. The summed E-state index contributed by atoms with van der Waals surface area (Å²) in [7, 11) is 0. The molecule has 0 unspecified atom stereocenters. The van der Waals surface area contributed by atoms with Crippen LogP contribution in [0.1, 0.15) is 12.5 Å². The van der Waals surface area contributed by atoms with Crippen LogP contribution < -0.4 is 5.32 Å². The average molecular weight is 200 g/mol. The first-order valence-corrected chi connectivity index (χ1v) is 4.80. The molecule has 0 bridgehead atoms. The Morgan fingerprint density at radius 1 is 1.33 bits per heavy atom. The number of hydrogen-bond donors (Lipinski definition) is 1. The van der Waals surface area contributed by atoms with Crippen molar-refractivity contribution in [3.8, 4) is 0 Å². The van der Waals surface area contributed by atoms with Gasteiger partial charge >= 0.3 is 0 Å². The van der Waals surface area contributed by atoms with Crippen molar-refractivity contribution in [2.24, 2.45) is 0 Å². The third kappa shape index (κ3) is 1.81. The summed E-state index contributed by atoms with van der Waals surface area (Å²) in [5.41, 5.74) is 2.77. The number of fused-ring (bicyclic) bond motifs is 1. The smallest absolute Gasteiger partial charge is 0.221 e. The Kier molecular flexibility index (Phi) is 2.37. The molecule has 2 aromatic rings. The van der Waals surface area contributed by atoms with Gasteiger partial charge in [-0.15, -0.1) is 0 Å². The summed E-state index contributed by atoms with van der Waals surface area (Å²) in [6.45, 7) is 3.52. The van der Waals surface area contributed by atoms with Gasteiger partial charge in [-0.2, -0.15) is 0 Å². The molecule has 2 rings (SSSR count). The molecule has 1 N–H and O–H groups in total. The Morgan fingerprint density at radius 2 is 2.13 bits per heavy atom. The van der Waals surface area contributed by atoms with Gasteiger partial charge in [0.05, 0.1) is 11.2 Å². The monoisotopic (exact) mass is 200 g/mol. The van der Waals surface area contributed by atoms with Crippen LogP contribution in [0.5, 0.6) is 0 Å². The average Bonchev–Trinajstić information content (AvgIpc) is 2.19. The fourth-order valence-corrected chi connectivity index (χ4v) is 1.60. The fraction of sp³-hybridized carbons (Fsp3) is 0.167. The summed E-state index contributed by atoms with van der Waals surface area (Å²) in [5, 5.41) is 3.85. The van der Waals surface area contributed by atoms with Crippen molar-refractivity contribution in [1.82, 2.24) is 4.98 Å². The minimum Gasteiger partial charge on any atom is -0.324 e. The molecule has 15 heavy (non-hydrogen) atoms. The fourth-order valence-electron chi connectivity index (χ4n) is 1.60. The number of hydrogen-bond acceptors (Lipinski definition) is 2. The lowest BCUT2D eigenvalue weighted by molar-refractivity contribution is -0.114. The second kappa shape index (κ2) is 3.69. The molecule has 0 aliphatic rings. The minimum absolute atomic E-state index is 0.0780. The lowest BCUT2D eigenvalue weighted by Crippen LogP contribution is -2.06. The first kappa shape index (κ1) is 9.65. The van der Waals surface area contributed by atoms with Crippen LogP contribution in [0.3, 0.4) is 0 Å². The van der Waals surface area contributed by atoms with Crippen molar-refractivity contribution in [2.45, 2.75) is 13.8 Å². The second-order valence-electron chi connectivity index (χ2n) is 3.51. The normalized spacial score (nSPS) is 10.3. The summed E-state index contributed by atoms with van der Waals surface area (Å²) >= 11 is 0. The highest BCUT2D eigenvalue weighted by Gasteiger charge is 2.04. The first-order chi connectivity index (χ1) is 7.18. The van der Waals surface area contributed by atoms with Crippen LogP contribution in [0.25, 0.3) is 10.9 Å². The van der Waals surface area contributed by atoms with Crippen molar-refractivity contribution in [2.75, 3.05) is 5.32 Å². The van der Waals surface area contributed by atoms with Crippen molar-refractivity contribution in [1.29, 1.82) is 0 Å². The quantitative estimate of drug-likeness (QED) is 0.768. The molecule has 0 radical (unpaired) electrons. The van der Waals surface area contributed by atoms with Gasteiger partial charge < -0.3 is 5.32 Å². The molecule has 1 aromatic heterocycles. The van der Waals surface area contributed by atoms with E-state index in [-0.39, 0.29) is 5.91 Å². The van der Waals surface area contributed by atoms with Gasteiger partial charge in [0.15, 0.2) is 0 Å². The number of pyridine rings is 1. The van der Waals surface area contributed by atoms with E-state index >= 15 is 0 Å². The molecule has 3 heteroatoms. The Hall–Kier alpha value is -1.90. The van der Waals surface area contributed by atoms with Gasteiger partial charge in [-0.05, 0) is 24.6 Å². The van der Waals surface area contributed by atoms with Gasteiger partial charge in [-0.25, -0.2) is 0 Å². The molecule has 0 aliphatic carbocycles. The standard InChI is InChI=1S/C12H12N2O/c1-8-6-7-13-12-10(8)4-3-5-11(12)14-9(2)15/h3-7H,1-2H3,(H,14,15). The number of amides is 1. The number of nitrogens with zero attached hydrogens (tertiary/aromatic N) is 1. The third-order valence-corrected chi connectivity index (χ3v) is 2.30. The maximum Gasteiger partial charge on any atom is 0.221 e. The lowest BCUT2D eigenvalue weighted by Gasteiger charge is -2.07. The van der Waals surface area contributed by atoms with Gasteiger partial charge in [0.25, 0.3) is 0 Å². The molecule has 0 saturated heterocycles. The van der Waals surface area contributed by atoms with Gasteiger partial charge in [-0.3, -0.25) is 9.78 Å². The van der Waals surface area contributed by atoms with E-state index in [1.165, 1.54) is 6.92 Å². The number of carbonyl (C=O) groups excluding carboxylic acids is 1. The molecule has 76 valence electrons. The second-order valence-corrected chi connectivity index (χ2v) is 3.51. The van der Waals surface area contributed by atoms with E-state index in [0.717, 1.165) is 22.2 Å². The molecule has 1 aromatic carbocycles. The van der Waals surface area contributed by atoms with Gasteiger partial charge in [-0.1, -0.05) is 12.1 Å². The number of rotatable bonds is 1. The van der Waals surface area contributed by atoms with Crippen molar-refractivity contribution < 1.29 is 4.79 Å². The Labute approximate surface area is 88.1 Å². The Morgan fingerprint density at radius 3 is 2.87 bits per heavy atom. The predicted octanol–water partition coefficient (Wildman–Crippen LogP) is 2.50. The molecule has 3 nitrogen and oxygen atoms in total. The highest BCUT2D eigenvalue weighted by Crippen LogP contribution is 2.23. The maximum absolute atomic E-state index is 11.0. The van der Waals surface area contributed by atoms with E-state index in [1.54, 1.807) is 6.20 Å². The van der Waals surface area contributed by atoms with Crippen LogP contribution >= 0.6 is 0 Å². The van der Waals surface area contributed by atoms with E-state index in [9.17, 15) is 4.79 Å². The van der Waals surface area contributed by atoms with E-state index in [4.69, 9.17) is 0 Å². The van der Waals surface area contributed by atoms with Crippen molar-refractivity contribution in [3.05, 3.63) is 36.0 Å². The lowest BCUT2D eigenvalue weighted by atomic mass is 10.1. The minimum atomic E-state index is -0.0780. The number of para-hydroxylation sites is 1. The van der Waals surface area contributed by atoms with Crippen LogP contribution in [-0.2, 0) is 4.79 Å². The molecule has 0 fully saturated rings. The molecule has 0 aliphatic heterocycles. The summed E-state index contributed by atoms with van der Waals surface area (Å²) in [4.78, 5) is 15.3. The number of nitrogens with one attached hydrogen (secondary N) is 1. The molecule has 0 atom stereocenters. The van der Waals surface area contributed by atoms with Gasteiger partial charge in [0.1, 0.15) is 0 Å². The molecule has 1 heterocycles. The highest BCUT2D eigenvalue weighted by atomic mass is 16.1. The molecule has 0 spiro atoms. The zero-order chi connectivity index (χ0) is 10.8. The largest absolute Gasteiger partial charge is 0.324 e. The topological polar surface area (TPSA) is 42.0 Å². The van der Waals surface area contributed by atoms with Crippen LogP contribution in [0.2, 0.25) is 0 Å². The first-order valence-electron chi connectivity index (χ1n) is 4.80. The Balaban J connectivity index is 2.65. The highest BCUT2D eigenvalue weighted by molar-refractivity contribution is 6.00. The van der Waals surface area contributed by atoms with Crippen LogP contribution in [0.4, 0.5) is 5.69 Å². The summed E-state index contributed by atoms with van der Waals surface area (Å²) in [5.74, 6) is -0.0780. The van der Waals surface area contributed by atoms with E-state index in [2.05, 4.69) is 10.3 Å². The maximum atomic E-state index is 11.0. The van der Waals surface area contributed by atoms with E-state index in [1.807, 2.05) is 31.2 Å². The van der Waals surface area contributed by atoms with Crippen LogP contribution in [0.15, 0.2) is 30.5 Å². The molecular weight excluding hydrogens is 188 g/mol. The molecule has 0 saturated carbocycles. The molecular formula is C12H12N2O. The van der Waals surface area contributed by atoms with Crippen molar-refractivity contribution >= 4 is 22.5 Å². The summed E-state index contributed by atoms with van der Waals surface area (Å²) in [6.07, 6.45) is 1.75. The van der Waals surface area contributed by atoms with E-state index in [0.29, 0.717) is 0 Å². The number of anilines is 1. The number of benzene rings is 1. The van der Waals surface area contributed by atoms with Crippen LogP contribution in [0, 0.1) is 6.92 Å². The zero-order valence-electron chi connectivity index (χ0n) is 8.74. The predicted molar refractivity (Wildman–Crippen MR) is 60.8 cm³/mol. The molecule has 1 amide bonds. The zero-order valence-corrected chi connectivity index (χ0v) is 8.74. The van der Waals surface area contributed by atoms with Gasteiger partial charge in [0, 0.05) is 18.5 Å². The van der Waals surface area contributed by atoms with E-state index < -0.39 is 0 Å². The summed E-state index contributed by atoms with van der Waals surface area (Å²) < 4.78 is 0. The third-order valence-electron chi connectivity index (χ3n) is 2.30. The van der Waals surface area contributed by atoms with Gasteiger partial charge in [0.2, 0.25) is 5.91 Å². The van der Waals surface area contributed by atoms with Crippen molar-refractivity contribution in [3.63, 3.8) is 0 Å². The Bertz CT molecular complexity index is 520. The summed E-state index contributed by atoms with van der Waals surface area (Å²) in [6, 6.07) is 7.74. The van der Waals surface area contributed by atoms with Crippen LogP contribution in [-0.4, -0.2) is 10.9 Å². The number of aromatic nitrogens is 1. The number of aryl methyl sites for hydroxylation is 1. The number of carbonyl (C=O) groups is 1.